The van der Waals surface area contributed by atoms with Gasteiger partial charge in [0.15, 0.2) is 0 Å². The Bertz CT molecular complexity index is 453. The maximum Gasteiger partial charge on any atom is 0.244 e. The maximum absolute atomic E-state index is 12.7. The van der Waals surface area contributed by atoms with Crippen LogP contribution in [0.25, 0.3) is 0 Å². The number of likely N-dealkylation sites (N-methyl/N-ethyl adjacent to an activating group) is 1. The van der Waals surface area contributed by atoms with Crippen LogP contribution in [-0.2, 0) is 4.79 Å². The third-order valence-corrected chi connectivity index (χ3v) is 4.61. The molecule has 2 rings (SSSR count). The van der Waals surface area contributed by atoms with Crippen molar-refractivity contribution in [3.8, 4) is 0 Å². The van der Waals surface area contributed by atoms with Crippen molar-refractivity contribution in [1.29, 1.82) is 0 Å². The number of likely N-dealkylation sites (tertiary alicyclic amines) is 1. The first kappa shape index (κ1) is 17.0. The van der Waals surface area contributed by atoms with Crippen molar-refractivity contribution >= 4 is 5.91 Å². The van der Waals surface area contributed by atoms with Gasteiger partial charge in [-0.2, -0.15) is 0 Å². The lowest BCUT2D eigenvalue weighted by molar-refractivity contribution is -0.135. The van der Waals surface area contributed by atoms with E-state index in [9.17, 15) is 4.79 Å². The fourth-order valence-electron chi connectivity index (χ4n) is 3.24. The minimum atomic E-state index is -0.138. The Morgan fingerprint density at radius 2 is 1.91 bits per heavy atom. The maximum atomic E-state index is 12.7. The first-order valence-electron chi connectivity index (χ1n) is 8.28. The fourth-order valence-corrected chi connectivity index (χ4v) is 3.24. The fraction of sp³-hybridized carbons (Fsp3) is 0.611. The third-order valence-electron chi connectivity index (χ3n) is 4.61. The zero-order chi connectivity index (χ0) is 15.9. The zero-order valence-corrected chi connectivity index (χ0v) is 14.1. The molecule has 0 radical (unpaired) electrons. The average Bonchev–Trinajstić information content (AvgIpc) is 2.55. The molecule has 4 heteroatoms. The SMILES string of the molecule is CNCCC1CCN(C(C(=O)N(C)C)c2ccccc2)CC1. The molecule has 1 aromatic rings. The molecular weight excluding hydrogens is 274 g/mol. The summed E-state index contributed by atoms with van der Waals surface area (Å²) in [5, 5.41) is 3.23. The third kappa shape index (κ3) is 4.31. The number of carbonyl (C=O) groups is 1. The van der Waals surface area contributed by atoms with Crippen LogP contribution < -0.4 is 5.32 Å². The number of hydrogen-bond acceptors (Lipinski definition) is 3. The summed E-state index contributed by atoms with van der Waals surface area (Å²) in [5.41, 5.74) is 1.11. The van der Waals surface area contributed by atoms with Crippen molar-refractivity contribution in [2.24, 2.45) is 5.92 Å². The summed E-state index contributed by atoms with van der Waals surface area (Å²) in [7, 11) is 5.70. The van der Waals surface area contributed by atoms with Gasteiger partial charge in [0, 0.05) is 14.1 Å². The van der Waals surface area contributed by atoms with Gasteiger partial charge in [-0.3, -0.25) is 9.69 Å². The van der Waals surface area contributed by atoms with Gasteiger partial charge >= 0.3 is 0 Å². The number of nitrogens with one attached hydrogen (secondary N) is 1. The second kappa shape index (κ2) is 8.30. The number of piperidine rings is 1. The number of benzene rings is 1. The highest BCUT2D eigenvalue weighted by Gasteiger charge is 2.31. The normalized spacial score (nSPS) is 18.1. The van der Waals surface area contributed by atoms with Gasteiger partial charge < -0.3 is 10.2 Å². The Morgan fingerprint density at radius 1 is 1.27 bits per heavy atom. The molecule has 1 saturated heterocycles. The Labute approximate surface area is 134 Å². The molecule has 1 unspecified atom stereocenters. The van der Waals surface area contributed by atoms with Gasteiger partial charge in [0.1, 0.15) is 6.04 Å². The minimum absolute atomic E-state index is 0.138. The van der Waals surface area contributed by atoms with Crippen LogP contribution in [-0.4, -0.2) is 56.5 Å². The predicted octanol–water partition coefficient (Wildman–Crippen LogP) is 2.14. The standard InChI is InChI=1S/C18H29N3O/c1-19-12-9-15-10-13-21(14-11-15)17(18(22)20(2)3)16-7-5-4-6-8-16/h4-8,15,17,19H,9-14H2,1-3H3. The molecule has 1 amide bonds. The topological polar surface area (TPSA) is 35.6 Å². The van der Waals surface area contributed by atoms with Gasteiger partial charge in [-0.25, -0.2) is 0 Å². The molecule has 1 heterocycles. The van der Waals surface area contributed by atoms with Crippen LogP contribution in [0.5, 0.6) is 0 Å². The number of hydrogen-bond donors (Lipinski definition) is 1. The van der Waals surface area contributed by atoms with E-state index in [1.165, 1.54) is 19.3 Å². The van der Waals surface area contributed by atoms with Crippen molar-refractivity contribution < 1.29 is 4.79 Å². The van der Waals surface area contributed by atoms with E-state index >= 15 is 0 Å². The molecule has 1 atom stereocenters. The second-order valence-corrected chi connectivity index (χ2v) is 6.42. The lowest BCUT2D eigenvalue weighted by atomic mass is 9.91. The molecule has 0 bridgehead atoms. The van der Waals surface area contributed by atoms with E-state index in [0.29, 0.717) is 0 Å². The molecule has 4 nitrogen and oxygen atoms in total. The van der Waals surface area contributed by atoms with Crippen molar-refractivity contribution in [2.75, 3.05) is 40.8 Å². The van der Waals surface area contributed by atoms with Crippen LogP contribution in [0.15, 0.2) is 30.3 Å². The zero-order valence-electron chi connectivity index (χ0n) is 14.1. The van der Waals surface area contributed by atoms with Gasteiger partial charge in [-0.1, -0.05) is 30.3 Å². The first-order chi connectivity index (χ1) is 10.6. The van der Waals surface area contributed by atoms with Crippen LogP contribution in [0.1, 0.15) is 30.9 Å². The Kier molecular flexibility index (Phi) is 6.40. The van der Waals surface area contributed by atoms with Crippen LogP contribution in [0.2, 0.25) is 0 Å². The van der Waals surface area contributed by atoms with E-state index < -0.39 is 0 Å². The summed E-state index contributed by atoms with van der Waals surface area (Å²) in [6, 6.07) is 10.0. The predicted molar refractivity (Wildman–Crippen MR) is 90.7 cm³/mol. The molecule has 1 N–H and O–H groups in total. The second-order valence-electron chi connectivity index (χ2n) is 6.42. The molecule has 1 aromatic carbocycles. The van der Waals surface area contributed by atoms with Gasteiger partial charge in [-0.05, 0) is 57.4 Å². The van der Waals surface area contributed by atoms with Crippen molar-refractivity contribution in [2.45, 2.75) is 25.3 Å². The van der Waals surface area contributed by atoms with E-state index in [2.05, 4.69) is 22.3 Å². The van der Waals surface area contributed by atoms with E-state index in [4.69, 9.17) is 0 Å². The Balaban J connectivity index is 2.06. The minimum Gasteiger partial charge on any atom is -0.347 e. The highest BCUT2D eigenvalue weighted by atomic mass is 16.2. The van der Waals surface area contributed by atoms with Crippen molar-refractivity contribution in [3.63, 3.8) is 0 Å². The summed E-state index contributed by atoms with van der Waals surface area (Å²) in [4.78, 5) is 16.7. The van der Waals surface area contributed by atoms with E-state index in [1.807, 2.05) is 39.3 Å². The number of nitrogens with zero attached hydrogens (tertiary/aromatic N) is 2. The van der Waals surface area contributed by atoms with Gasteiger partial charge in [0.2, 0.25) is 5.91 Å². The smallest absolute Gasteiger partial charge is 0.244 e. The Morgan fingerprint density at radius 3 is 2.45 bits per heavy atom. The summed E-state index contributed by atoms with van der Waals surface area (Å²) in [5.74, 6) is 0.967. The molecule has 1 aliphatic rings. The summed E-state index contributed by atoms with van der Waals surface area (Å²) in [6.07, 6.45) is 3.61. The van der Waals surface area contributed by atoms with Crippen molar-refractivity contribution in [1.82, 2.24) is 15.1 Å². The first-order valence-corrected chi connectivity index (χ1v) is 8.28. The van der Waals surface area contributed by atoms with Crippen LogP contribution in [0, 0.1) is 5.92 Å². The highest BCUT2D eigenvalue weighted by Crippen LogP contribution is 2.29. The van der Waals surface area contributed by atoms with Gasteiger partial charge in [-0.15, -0.1) is 0 Å². The summed E-state index contributed by atoms with van der Waals surface area (Å²) in [6.45, 7) is 3.10. The average molecular weight is 303 g/mol. The number of rotatable bonds is 6. The molecule has 0 saturated carbocycles. The Hall–Kier alpha value is -1.39. The highest BCUT2D eigenvalue weighted by molar-refractivity contribution is 5.82. The van der Waals surface area contributed by atoms with Crippen molar-refractivity contribution in [3.05, 3.63) is 35.9 Å². The monoisotopic (exact) mass is 303 g/mol. The molecule has 0 aliphatic carbocycles. The van der Waals surface area contributed by atoms with Crippen LogP contribution in [0.3, 0.4) is 0 Å². The van der Waals surface area contributed by atoms with E-state index in [0.717, 1.165) is 31.1 Å². The molecule has 0 aromatic heterocycles. The largest absolute Gasteiger partial charge is 0.347 e. The number of amides is 1. The molecule has 1 aliphatic heterocycles. The lowest BCUT2D eigenvalue weighted by Crippen LogP contribution is -2.44. The van der Waals surface area contributed by atoms with E-state index in [-0.39, 0.29) is 11.9 Å². The molecule has 122 valence electrons. The quantitative estimate of drug-likeness (QED) is 0.874. The molecular formula is C18H29N3O. The summed E-state index contributed by atoms with van der Waals surface area (Å²) >= 11 is 0. The number of carbonyl (C=O) groups excluding carboxylic acids is 1. The van der Waals surface area contributed by atoms with E-state index in [1.54, 1.807) is 4.90 Å². The molecule has 0 spiro atoms. The van der Waals surface area contributed by atoms with Crippen LogP contribution >= 0.6 is 0 Å². The molecule has 1 fully saturated rings. The molecule has 22 heavy (non-hydrogen) atoms. The lowest BCUT2D eigenvalue weighted by Gasteiger charge is -2.38. The van der Waals surface area contributed by atoms with Gasteiger partial charge in [0.25, 0.3) is 0 Å². The van der Waals surface area contributed by atoms with Gasteiger partial charge in [0.05, 0.1) is 0 Å². The van der Waals surface area contributed by atoms with Crippen LogP contribution in [0.4, 0.5) is 0 Å². The summed E-state index contributed by atoms with van der Waals surface area (Å²) < 4.78 is 0.